The smallest absolute Gasteiger partial charge is 0.320 e. The summed E-state index contributed by atoms with van der Waals surface area (Å²) >= 11 is 0. The SMILES string of the molecule is COCc1cccc2c1C[C@@H](NC(=O)Nc1c(C)c(-c3ccc(C(=O)NC4CCN(C)CC4)cc3)nn1-c1ccccc1)[C@@H]2c1ccccc1. The van der Waals surface area contributed by atoms with Gasteiger partial charge in [-0.3, -0.25) is 10.1 Å². The molecule has 3 N–H and O–H groups in total. The van der Waals surface area contributed by atoms with Gasteiger partial charge in [-0.25, -0.2) is 9.48 Å². The van der Waals surface area contributed by atoms with Crippen molar-refractivity contribution in [3.63, 3.8) is 0 Å². The van der Waals surface area contributed by atoms with Gasteiger partial charge in [-0.2, -0.15) is 5.10 Å². The second kappa shape index (κ2) is 14.7. The minimum Gasteiger partial charge on any atom is -0.380 e. The molecule has 9 nitrogen and oxygen atoms in total. The van der Waals surface area contributed by atoms with Crippen molar-refractivity contribution >= 4 is 17.8 Å². The van der Waals surface area contributed by atoms with Crippen molar-refractivity contribution in [2.45, 2.75) is 50.8 Å². The average Bonchev–Trinajstić information content (AvgIpc) is 3.67. The van der Waals surface area contributed by atoms with Gasteiger partial charge in [0.05, 0.1) is 18.0 Å². The largest absolute Gasteiger partial charge is 0.380 e. The fourth-order valence-corrected chi connectivity index (χ4v) is 7.43. The Bertz CT molecular complexity index is 1950. The fourth-order valence-electron chi connectivity index (χ4n) is 7.43. The highest BCUT2D eigenvalue weighted by Gasteiger charge is 2.36. The van der Waals surface area contributed by atoms with Crippen molar-refractivity contribution in [3.05, 3.63) is 137 Å². The molecule has 2 aliphatic rings. The van der Waals surface area contributed by atoms with Crippen molar-refractivity contribution in [2.75, 3.05) is 32.6 Å². The van der Waals surface area contributed by atoms with E-state index in [1.54, 1.807) is 11.8 Å². The summed E-state index contributed by atoms with van der Waals surface area (Å²) in [5, 5.41) is 14.7. The molecular weight excluding hydrogens is 624 g/mol. The molecule has 9 heteroatoms. The van der Waals surface area contributed by atoms with E-state index in [2.05, 4.69) is 58.2 Å². The second-order valence-corrected chi connectivity index (χ2v) is 13.4. The lowest BCUT2D eigenvalue weighted by Crippen LogP contribution is -2.43. The molecular formula is C41H44N6O3. The van der Waals surface area contributed by atoms with Crippen molar-refractivity contribution in [1.82, 2.24) is 25.3 Å². The molecule has 1 saturated heterocycles. The lowest BCUT2D eigenvalue weighted by molar-refractivity contribution is 0.0917. The highest BCUT2D eigenvalue weighted by Crippen LogP contribution is 2.40. The number of hydrogen-bond acceptors (Lipinski definition) is 5. The number of urea groups is 1. The minimum absolute atomic E-state index is 0.000356. The predicted octanol–water partition coefficient (Wildman–Crippen LogP) is 6.70. The first-order chi connectivity index (χ1) is 24.4. The molecule has 50 heavy (non-hydrogen) atoms. The van der Waals surface area contributed by atoms with Crippen LogP contribution in [0, 0.1) is 6.92 Å². The summed E-state index contributed by atoms with van der Waals surface area (Å²) in [6, 6.07) is 33.7. The molecule has 0 spiro atoms. The van der Waals surface area contributed by atoms with Crippen LogP contribution in [0.3, 0.4) is 0 Å². The molecule has 256 valence electrons. The Morgan fingerprint density at radius 1 is 0.860 bits per heavy atom. The molecule has 1 fully saturated rings. The highest BCUT2D eigenvalue weighted by atomic mass is 16.5. The van der Waals surface area contributed by atoms with Gasteiger partial charge in [0.1, 0.15) is 5.82 Å². The number of hydrogen-bond donors (Lipinski definition) is 3. The van der Waals surface area contributed by atoms with Gasteiger partial charge in [-0.05, 0) is 92.8 Å². The number of ether oxygens (including phenoxy) is 1. The van der Waals surface area contributed by atoms with Crippen LogP contribution in [-0.4, -0.2) is 65.9 Å². The van der Waals surface area contributed by atoms with E-state index in [-0.39, 0.29) is 29.9 Å². The first kappa shape index (κ1) is 33.3. The van der Waals surface area contributed by atoms with E-state index in [0.29, 0.717) is 24.4 Å². The molecule has 3 amide bonds. The van der Waals surface area contributed by atoms with E-state index in [9.17, 15) is 9.59 Å². The average molecular weight is 669 g/mol. The standard InChI is InChI=1S/C41H44N6O3/c1-27-38(29-17-19-30(20-18-29)40(48)42-32-21-23-46(2)24-22-32)45-47(33-14-8-5-9-15-33)39(27)44-41(49)43-36-25-35-31(26-50-3)13-10-16-34(35)37(36)28-11-6-4-7-12-28/h4-20,32,36-37H,21-26H2,1-3H3,(H,42,48)(H2,43,44,49)/t36-,37-/m1/s1. The molecule has 4 aromatic carbocycles. The highest BCUT2D eigenvalue weighted by molar-refractivity contribution is 5.95. The monoisotopic (exact) mass is 668 g/mol. The number of anilines is 1. The Morgan fingerprint density at radius 2 is 1.56 bits per heavy atom. The van der Waals surface area contributed by atoms with Crippen molar-refractivity contribution < 1.29 is 14.3 Å². The van der Waals surface area contributed by atoms with Gasteiger partial charge in [-0.1, -0.05) is 78.9 Å². The van der Waals surface area contributed by atoms with Crippen LogP contribution in [0.2, 0.25) is 0 Å². The van der Waals surface area contributed by atoms with Gasteiger partial charge in [0.25, 0.3) is 5.91 Å². The number of aromatic nitrogens is 2. The summed E-state index contributed by atoms with van der Waals surface area (Å²) in [6.07, 6.45) is 2.60. The zero-order chi connectivity index (χ0) is 34.6. The number of benzene rings is 4. The molecule has 1 aromatic heterocycles. The van der Waals surface area contributed by atoms with Crippen LogP contribution in [0.4, 0.5) is 10.6 Å². The third-order valence-corrected chi connectivity index (χ3v) is 10.1. The number of amides is 3. The molecule has 2 heterocycles. The van der Waals surface area contributed by atoms with Gasteiger partial charge in [0, 0.05) is 41.8 Å². The Labute approximate surface area is 293 Å². The zero-order valence-corrected chi connectivity index (χ0v) is 28.9. The molecule has 0 radical (unpaired) electrons. The van der Waals surface area contributed by atoms with E-state index in [1.807, 2.05) is 79.7 Å². The minimum atomic E-state index is -0.301. The molecule has 0 bridgehead atoms. The van der Waals surface area contributed by atoms with Crippen LogP contribution < -0.4 is 16.0 Å². The Morgan fingerprint density at radius 3 is 2.26 bits per heavy atom. The molecule has 1 aliphatic heterocycles. The van der Waals surface area contributed by atoms with Gasteiger partial charge < -0.3 is 20.3 Å². The van der Waals surface area contributed by atoms with Gasteiger partial charge in [-0.15, -0.1) is 0 Å². The second-order valence-electron chi connectivity index (χ2n) is 13.4. The summed E-state index contributed by atoms with van der Waals surface area (Å²) in [7, 11) is 3.82. The van der Waals surface area contributed by atoms with Crippen molar-refractivity contribution in [1.29, 1.82) is 0 Å². The van der Waals surface area contributed by atoms with Gasteiger partial charge >= 0.3 is 6.03 Å². The number of likely N-dealkylation sites (tertiary alicyclic amines) is 1. The number of piperidine rings is 1. The summed E-state index contributed by atoms with van der Waals surface area (Å²) in [5.74, 6) is 0.521. The lowest BCUT2D eigenvalue weighted by Gasteiger charge is -2.29. The molecule has 7 rings (SSSR count). The lowest BCUT2D eigenvalue weighted by atomic mass is 9.90. The maximum absolute atomic E-state index is 14.0. The third-order valence-electron chi connectivity index (χ3n) is 10.1. The first-order valence-electron chi connectivity index (χ1n) is 17.4. The molecule has 1 aliphatic carbocycles. The molecule has 0 saturated carbocycles. The van der Waals surface area contributed by atoms with Crippen LogP contribution >= 0.6 is 0 Å². The van der Waals surface area contributed by atoms with Gasteiger partial charge in [0.2, 0.25) is 0 Å². The van der Waals surface area contributed by atoms with Crippen LogP contribution in [0.1, 0.15) is 56.9 Å². The van der Waals surface area contributed by atoms with E-state index < -0.39 is 0 Å². The van der Waals surface area contributed by atoms with E-state index in [4.69, 9.17) is 9.84 Å². The number of fused-ring (bicyclic) bond motifs is 1. The number of nitrogens with zero attached hydrogens (tertiary/aromatic N) is 3. The fraction of sp³-hybridized carbons (Fsp3) is 0.293. The van der Waals surface area contributed by atoms with E-state index >= 15 is 0 Å². The zero-order valence-electron chi connectivity index (χ0n) is 28.9. The number of rotatable bonds is 9. The van der Waals surface area contributed by atoms with Crippen LogP contribution in [-0.2, 0) is 17.8 Å². The quantitative estimate of drug-likeness (QED) is 0.162. The number of methoxy groups -OCH3 is 1. The number of carbonyl (C=O) groups is 2. The van der Waals surface area contributed by atoms with Crippen LogP contribution in [0.25, 0.3) is 16.9 Å². The Balaban J connectivity index is 1.14. The molecule has 5 aromatic rings. The number of nitrogens with one attached hydrogen (secondary N) is 3. The van der Waals surface area contributed by atoms with Crippen LogP contribution in [0.15, 0.2) is 103 Å². The molecule has 0 unspecified atom stereocenters. The normalized spacial score (nSPS) is 17.7. The van der Waals surface area contributed by atoms with Crippen molar-refractivity contribution in [2.24, 2.45) is 0 Å². The Hall–Kier alpha value is -5.25. The third kappa shape index (κ3) is 6.92. The van der Waals surface area contributed by atoms with Crippen molar-refractivity contribution in [3.8, 4) is 16.9 Å². The summed E-state index contributed by atoms with van der Waals surface area (Å²) in [4.78, 5) is 29.3. The number of carbonyl (C=O) groups excluding carboxylic acids is 2. The summed E-state index contributed by atoms with van der Waals surface area (Å²) in [5.41, 5.74) is 8.59. The topological polar surface area (TPSA) is 101 Å². The molecule has 2 atom stereocenters. The summed E-state index contributed by atoms with van der Waals surface area (Å²) in [6.45, 7) is 4.46. The van der Waals surface area contributed by atoms with E-state index in [0.717, 1.165) is 59.6 Å². The maximum Gasteiger partial charge on any atom is 0.320 e. The predicted molar refractivity (Wildman–Crippen MR) is 197 cm³/mol. The van der Waals surface area contributed by atoms with Crippen LogP contribution in [0.5, 0.6) is 0 Å². The summed E-state index contributed by atoms with van der Waals surface area (Å²) < 4.78 is 7.30. The van der Waals surface area contributed by atoms with Gasteiger partial charge in [0.15, 0.2) is 0 Å². The Kier molecular flexibility index (Phi) is 9.78. The number of para-hydroxylation sites is 1. The first-order valence-corrected chi connectivity index (χ1v) is 17.4. The maximum atomic E-state index is 14.0. The van der Waals surface area contributed by atoms with E-state index in [1.165, 1.54) is 11.1 Å².